The molecule has 0 radical (unpaired) electrons. The number of carbonyl (C=O) groups excluding carboxylic acids is 1. The Morgan fingerprint density at radius 2 is 0.688 bits per heavy atom. The van der Waals surface area contributed by atoms with Crippen molar-refractivity contribution in [2.75, 3.05) is 19.8 Å². The van der Waals surface area contributed by atoms with E-state index < -0.39 is 86.8 Å². The third-order valence-electron chi connectivity index (χ3n) is 19.6. The molecule has 2 aliphatic rings. The number of allylic oxidation sites excluding steroid dienone is 5. The Hall–Kier alpha value is -1.79. The number of aliphatic hydroxyl groups excluding tert-OH is 8. The number of hydrogen-bond acceptors (Lipinski definition) is 13. The van der Waals surface area contributed by atoms with Gasteiger partial charge in [0, 0.05) is 6.42 Å². The fourth-order valence-corrected chi connectivity index (χ4v) is 13.3. The number of carbonyl (C=O) groups is 1. The molecule has 12 atom stereocenters. The number of amides is 1. The van der Waals surface area contributed by atoms with Gasteiger partial charge in [-0.1, -0.05) is 352 Å². The van der Waals surface area contributed by atoms with Crippen LogP contribution in [0, 0.1) is 0 Å². The Balaban J connectivity index is 1.64. The maximum atomic E-state index is 13.4. The van der Waals surface area contributed by atoms with Crippen LogP contribution in [0.2, 0.25) is 0 Å². The van der Waals surface area contributed by atoms with Crippen LogP contribution < -0.4 is 5.32 Å². The van der Waals surface area contributed by atoms with Crippen molar-refractivity contribution in [3.05, 3.63) is 36.5 Å². The normalized spacial score (nSPS) is 22.7. The summed E-state index contributed by atoms with van der Waals surface area (Å²) >= 11 is 0. The fourth-order valence-electron chi connectivity index (χ4n) is 13.3. The van der Waals surface area contributed by atoms with Gasteiger partial charge in [0.25, 0.3) is 0 Å². The first kappa shape index (κ1) is 87.3. The standard InChI is InChI=1S/C79H149NO13/c1-3-5-7-9-11-13-15-17-19-21-23-25-27-29-31-32-33-34-35-37-39-41-43-45-47-49-51-53-55-57-59-61-63-71(84)80-67(66-90-78-76(89)74(87)77(70(65-82)92-78)93-79-75(88)73(86)72(85)69(64-81)91-79)68(83)62-60-58-56-54-52-50-48-46-44-42-40-38-36-30-28-26-24-22-20-18-16-14-12-10-8-6-4-2/h44,46,52,54,60,62,67-70,72-79,81-83,85-89H,3-43,45,47-51,53,55-59,61,63-66H2,1-2H3,(H,80,84)/b46-44+,54-52+,62-60+. The molecule has 93 heavy (non-hydrogen) atoms. The molecular formula is C79H149NO13. The van der Waals surface area contributed by atoms with E-state index in [-0.39, 0.29) is 18.9 Å². The van der Waals surface area contributed by atoms with Gasteiger partial charge in [-0.2, -0.15) is 0 Å². The molecule has 2 saturated heterocycles. The van der Waals surface area contributed by atoms with Gasteiger partial charge >= 0.3 is 0 Å². The molecule has 14 nitrogen and oxygen atoms in total. The minimum Gasteiger partial charge on any atom is -0.394 e. The highest BCUT2D eigenvalue weighted by atomic mass is 16.7. The number of aliphatic hydroxyl groups is 8. The summed E-state index contributed by atoms with van der Waals surface area (Å²) in [4.78, 5) is 13.4. The van der Waals surface area contributed by atoms with Crippen molar-refractivity contribution in [2.24, 2.45) is 0 Å². The van der Waals surface area contributed by atoms with Gasteiger partial charge in [-0.3, -0.25) is 4.79 Å². The first-order valence-electron chi connectivity index (χ1n) is 39.7. The average molecular weight is 1320 g/mol. The maximum Gasteiger partial charge on any atom is 0.220 e. The summed E-state index contributed by atoms with van der Waals surface area (Å²) in [5.74, 6) is -0.245. The summed E-state index contributed by atoms with van der Waals surface area (Å²) in [6, 6.07) is -0.938. The highest BCUT2D eigenvalue weighted by molar-refractivity contribution is 5.76. The van der Waals surface area contributed by atoms with Gasteiger partial charge in [-0.15, -0.1) is 0 Å². The van der Waals surface area contributed by atoms with Crippen LogP contribution in [0.15, 0.2) is 36.5 Å². The molecule has 0 aromatic heterocycles. The molecule has 2 rings (SSSR count). The number of ether oxygens (including phenoxy) is 4. The molecule has 2 fully saturated rings. The van der Waals surface area contributed by atoms with E-state index in [0.717, 1.165) is 44.9 Å². The zero-order valence-electron chi connectivity index (χ0n) is 60.0. The lowest BCUT2D eigenvalue weighted by Crippen LogP contribution is -2.65. The SMILES string of the molecule is CCCCCCCCCCCCCCCCCCC/C=C/CC/C=C/CC/C=C/C(O)C(COC1OC(CO)C(OC2OC(CO)C(O)C(O)C2O)C(O)C1O)NC(=O)CCCCCCCCCCCCCCCCCCCCCCCCCCCCCCCCCC. The summed E-state index contributed by atoms with van der Waals surface area (Å²) in [7, 11) is 0. The highest BCUT2D eigenvalue weighted by Crippen LogP contribution is 2.30. The molecule has 2 aliphatic heterocycles. The van der Waals surface area contributed by atoms with Crippen LogP contribution in [0.3, 0.4) is 0 Å². The Bertz CT molecular complexity index is 1700. The van der Waals surface area contributed by atoms with Gasteiger partial charge in [0.1, 0.15) is 48.8 Å². The number of hydrogen-bond donors (Lipinski definition) is 9. The van der Waals surface area contributed by atoms with Crippen LogP contribution >= 0.6 is 0 Å². The Morgan fingerprint density at radius 1 is 0.376 bits per heavy atom. The smallest absolute Gasteiger partial charge is 0.220 e. The van der Waals surface area contributed by atoms with Gasteiger partial charge < -0.3 is 65.1 Å². The van der Waals surface area contributed by atoms with Gasteiger partial charge in [-0.05, 0) is 44.9 Å². The minimum absolute atomic E-state index is 0.245. The number of rotatable bonds is 67. The molecule has 0 bridgehead atoms. The second-order valence-electron chi connectivity index (χ2n) is 28.2. The van der Waals surface area contributed by atoms with Gasteiger partial charge in [0.15, 0.2) is 12.6 Å². The van der Waals surface area contributed by atoms with Crippen LogP contribution in [0.1, 0.15) is 367 Å². The zero-order chi connectivity index (χ0) is 67.3. The topological polar surface area (TPSA) is 228 Å². The summed E-state index contributed by atoms with van der Waals surface area (Å²) in [5.41, 5.74) is 0. The summed E-state index contributed by atoms with van der Waals surface area (Å²) in [6.07, 6.45) is 66.7. The molecular weight excluding hydrogens is 1170 g/mol. The van der Waals surface area contributed by atoms with E-state index in [1.165, 1.54) is 289 Å². The summed E-state index contributed by atoms with van der Waals surface area (Å²) < 4.78 is 22.9. The van der Waals surface area contributed by atoms with E-state index >= 15 is 0 Å². The molecule has 2 heterocycles. The molecule has 0 spiro atoms. The molecule has 0 aromatic carbocycles. The monoisotopic (exact) mass is 1320 g/mol. The first-order chi connectivity index (χ1) is 45.6. The molecule has 0 aliphatic carbocycles. The highest BCUT2D eigenvalue weighted by Gasteiger charge is 2.51. The Kier molecular flexibility index (Phi) is 59.7. The molecule has 0 aromatic rings. The van der Waals surface area contributed by atoms with Crippen LogP contribution in [-0.4, -0.2) is 140 Å². The third-order valence-corrected chi connectivity index (χ3v) is 19.6. The third kappa shape index (κ3) is 47.0. The van der Waals surface area contributed by atoms with E-state index in [2.05, 4.69) is 43.5 Å². The van der Waals surface area contributed by atoms with Crippen molar-refractivity contribution in [3.8, 4) is 0 Å². The Morgan fingerprint density at radius 3 is 1.05 bits per heavy atom. The maximum absolute atomic E-state index is 13.4. The van der Waals surface area contributed by atoms with Gasteiger partial charge in [-0.25, -0.2) is 0 Å². The van der Waals surface area contributed by atoms with Crippen molar-refractivity contribution in [1.29, 1.82) is 0 Å². The molecule has 1 amide bonds. The summed E-state index contributed by atoms with van der Waals surface area (Å²) in [5, 5.41) is 87.6. The van der Waals surface area contributed by atoms with Crippen molar-refractivity contribution in [3.63, 3.8) is 0 Å². The van der Waals surface area contributed by atoms with E-state index in [0.29, 0.717) is 12.8 Å². The molecule has 548 valence electrons. The lowest BCUT2D eigenvalue weighted by atomic mass is 9.97. The molecule has 14 heteroatoms. The van der Waals surface area contributed by atoms with Crippen molar-refractivity contribution in [1.82, 2.24) is 5.32 Å². The quantitative estimate of drug-likeness (QED) is 0.0204. The first-order valence-corrected chi connectivity index (χ1v) is 39.7. The second-order valence-corrected chi connectivity index (χ2v) is 28.2. The second kappa shape index (κ2) is 63.6. The number of unbranched alkanes of at least 4 members (excludes halogenated alkanes) is 50. The largest absolute Gasteiger partial charge is 0.394 e. The van der Waals surface area contributed by atoms with E-state index in [1.807, 2.05) is 6.08 Å². The van der Waals surface area contributed by atoms with Crippen LogP contribution in [0.25, 0.3) is 0 Å². The molecule has 9 N–H and O–H groups in total. The van der Waals surface area contributed by atoms with Crippen molar-refractivity contribution < 1.29 is 64.6 Å². The van der Waals surface area contributed by atoms with Gasteiger partial charge in [0.2, 0.25) is 5.91 Å². The average Bonchev–Trinajstić information content (AvgIpc) is 0.852. The summed E-state index contributed by atoms with van der Waals surface area (Å²) in [6.45, 7) is 2.84. The van der Waals surface area contributed by atoms with Crippen molar-refractivity contribution in [2.45, 2.75) is 441 Å². The van der Waals surface area contributed by atoms with E-state index in [1.54, 1.807) is 6.08 Å². The van der Waals surface area contributed by atoms with Crippen LogP contribution in [-0.2, 0) is 23.7 Å². The molecule has 0 saturated carbocycles. The van der Waals surface area contributed by atoms with Gasteiger partial charge in [0.05, 0.1) is 32.0 Å². The zero-order valence-corrected chi connectivity index (χ0v) is 60.0. The predicted octanol–water partition coefficient (Wildman–Crippen LogP) is 17.6. The minimum atomic E-state index is -1.79. The van der Waals surface area contributed by atoms with Crippen LogP contribution in [0.4, 0.5) is 0 Å². The molecule has 12 unspecified atom stereocenters. The lowest BCUT2D eigenvalue weighted by Gasteiger charge is -2.46. The lowest BCUT2D eigenvalue weighted by molar-refractivity contribution is -0.359. The number of nitrogens with one attached hydrogen (secondary N) is 1. The van der Waals surface area contributed by atoms with E-state index in [4.69, 9.17) is 18.9 Å². The van der Waals surface area contributed by atoms with Crippen molar-refractivity contribution >= 4 is 5.91 Å². The van der Waals surface area contributed by atoms with Crippen LogP contribution in [0.5, 0.6) is 0 Å². The van der Waals surface area contributed by atoms with E-state index in [9.17, 15) is 45.6 Å². The fraction of sp³-hybridized carbons (Fsp3) is 0.911. The Labute approximate surface area is 570 Å². The predicted molar refractivity (Wildman–Crippen MR) is 383 cm³/mol.